The summed E-state index contributed by atoms with van der Waals surface area (Å²) in [6.07, 6.45) is 7.72. The van der Waals surface area contributed by atoms with Gasteiger partial charge >= 0.3 is 0 Å². The first-order valence-electron chi connectivity index (χ1n) is 6.94. The molecule has 0 aliphatic heterocycles. The van der Waals surface area contributed by atoms with Gasteiger partial charge in [-0.25, -0.2) is 4.39 Å². The second kappa shape index (κ2) is 5.58. The van der Waals surface area contributed by atoms with Crippen LogP contribution in [0.2, 0.25) is 5.02 Å². The van der Waals surface area contributed by atoms with Crippen molar-refractivity contribution in [3.8, 4) is 0 Å². The summed E-state index contributed by atoms with van der Waals surface area (Å²) in [7, 11) is 0. The lowest BCUT2D eigenvalue weighted by atomic mass is 10.1. The Kier molecular flexibility index (Phi) is 3.81. The van der Waals surface area contributed by atoms with Crippen molar-refractivity contribution in [1.82, 2.24) is 4.57 Å². The third kappa shape index (κ3) is 2.74. The Labute approximate surface area is 122 Å². The Morgan fingerprint density at radius 3 is 2.95 bits per heavy atom. The van der Waals surface area contributed by atoms with E-state index in [2.05, 4.69) is 6.20 Å². The molecule has 3 rings (SSSR count). The predicted molar refractivity (Wildman–Crippen MR) is 77.5 cm³/mol. The van der Waals surface area contributed by atoms with Gasteiger partial charge in [-0.2, -0.15) is 0 Å². The van der Waals surface area contributed by atoms with E-state index >= 15 is 0 Å². The van der Waals surface area contributed by atoms with Crippen LogP contribution in [0.4, 0.5) is 4.39 Å². The number of benzene rings is 1. The lowest BCUT2D eigenvalue weighted by Crippen LogP contribution is -1.99. The van der Waals surface area contributed by atoms with Crippen LogP contribution in [0.3, 0.4) is 0 Å². The molecule has 1 aliphatic rings. The minimum Gasteiger partial charge on any atom is -0.388 e. The van der Waals surface area contributed by atoms with Crippen LogP contribution >= 0.6 is 11.6 Å². The molecular weight excluding hydrogens is 277 g/mol. The largest absolute Gasteiger partial charge is 0.388 e. The molecule has 106 valence electrons. The van der Waals surface area contributed by atoms with Crippen molar-refractivity contribution in [1.29, 1.82) is 0 Å². The molecule has 0 fully saturated rings. The van der Waals surface area contributed by atoms with Crippen LogP contribution in [-0.2, 0) is 13.0 Å². The lowest BCUT2D eigenvalue weighted by Gasteiger charge is -2.07. The first kappa shape index (κ1) is 13.7. The van der Waals surface area contributed by atoms with Crippen LogP contribution in [0.15, 0.2) is 30.6 Å². The molecule has 1 N–H and O–H groups in total. The molecule has 1 atom stereocenters. The van der Waals surface area contributed by atoms with Crippen molar-refractivity contribution in [3.63, 3.8) is 0 Å². The van der Waals surface area contributed by atoms with Crippen molar-refractivity contribution in [3.05, 3.63) is 58.1 Å². The van der Waals surface area contributed by atoms with E-state index in [0.29, 0.717) is 11.6 Å². The number of fused-ring (bicyclic) bond motifs is 1. The second-order valence-corrected chi connectivity index (χ2v) is 5.82. The second-order valence-electron chi connectivity index (χ2n) is 5.41. The highest BCUT2D eigenvalue weighted by Crippen LogP contribution is 2.30. The molecule has 0 saturated carbocycles. The van der Waals surface area contributed by atoms with E-state index in [1.165, 1.54) is 17.7 Å². The van der Waals surface area contributed by atoms with Crippen LogP contribution in [0.1, 0.15) is 42.1 Å². The van der Waals surface area contributed by atoms with Gasteiger partial charge in [0.15, 0.2) is 0 Å². The van der Waals surface area contributed by atoms with Crippen LogP contribution in [0.5, 0.6) is 0 Å². The average Bonchev–Trinajstić information content (AvgIpc) is 2.73. The summed E-state index contributed by atoms with van der Waals surface area (Å²) in [5, 5.41) is 10.6. The summed E-state index contributed by atoms with van der Waals surface area (Å²) in [5.74, 6) is -0.322. The van der Waals surface area contributed by atoms with Gasteiger partial charge in [0.05, 0.1) is 6.10 Å². The van der Waals surface area contributed by atoms with Crippen LogP contribution in [-0.4, -0.2) is 9.67 Å². The zero-order chi connectivity index (χ0) is 14.1. The zero-order valence-corrected chi connectivity index (χ0v) is 11.9. The Morgan fingerprint density at radius 1 is 1.30 bits per heavy atom. The first-order chi connectivity index (χ1) is 9.63. The summed E-state index contributed by atoms with van der Waals surface area (Å²) < 4.78 is 15.1. The maximum Gasteiger partial charge on any atom is 0.124 e. The smallest absolute Gasteiger partial charge is 0.124 e. The van der Waals surface area contributed by atoms with E-state index in [9.17, 15) is 9.50 Å². The van der Waals surface area contributed by atoms with Crippen LogP contribution in [0, 0.1) is 5.82 Å². The van der Waals surface area contributed by atoms with Gasteiger partial charge in [0.25, 0.3) is 0 Å². The molecule has 0 radical (unpaired) electrons. The molecule has 0 saturated heterocycles. The molecule has 1 unspecified atom stereocenters. The van der Waals surface area contributed by atoms with Gasteiger partial charge < -0.3 is 9.67 Å². The van der Waals surface area contributed by atoms with Crippen LogP contribution in [0.25, 0.3) is 0 Å². The van der Waals surface area contributed by atoms with E-state index in [-0.39, 0.29) is 11.9 Å². The molecule has 2 nitrogen and oxygen atoms in total. The highest BCUT2D eigenvalue weighted by molar-refractivity contribution is 6.31. The van der Waals surface area contributed by atoms with Crippen molar-refractivity contribution >= 4 is 11.6 Å². The van der Waals surface area contributed by atoms with E-state index in [1.807, 2.05) is 10.8 Å². The minimum absolute atomic E-state index is 0.322. The number of rotatable bonds is 2. The van der Waals surface area contributed by atoms with E-state index < -0.39 is 0 Å². The first-order valence-corrected chi connectivity index (χ1v) is 7.32. The number of hydrogen-bond acceptors (Lipinski definition) is 1. The fourth-order valence-corrected chi connectivity index (χ4v) is 3.06. The number of nitrogens with zero attached hydrogens (tertiary/aromatic N) is 1. The van der Waals surface area contributed by atoms with Crippen LogP contribution < -0.4 is 0 Å². The molecule has 1 aromatic heterocycles. The van der Waals surface area contributed by atoms with Crippen molar-refractivity contribution in [2.24, 2.45) is 0 Å². The highest BCUT2D eigenvalue weighted by Gasteiger charge is 2.18. The number of halogens is 2. The fraction of sp³-hybridized carbons (Fsp3) is 0.375. The number of aliphatic hydroxyl groups is 1. The van der Waals surface area contributed by atoms with Gasteiger partial charge in [-0.15, -0.1) is 0 Å². The topological polar surface area (TPSA) is 25.2 Å². The SMILES string of the molecule is OC1CCCCc2cn(Cc3ccc(F)cc3Cl)cc21. The van der Waals surface area contributed by atoms with Crippen molar-refractivity contribution in [2.75, 3.05) is 0 Å². The Bertz CT molecular complexity index is 623. The quantitative estimate of drug-likeness (QED) is 0.829. The summed E-state index contributed by atoms with van der Waals surface area (Å²) in [6.45, 7) is 0.596. The van der Waals surface area contributed by atoms with Gasteiger partial charge in [-0.1, -0.05) is 24.1 Å². The molecule has 0 spiro atoms. The molecular formula is C16H17ClFNO. The molecule has 20 heavy (non-hydrogen) atoms. The maximum atomic E-state index is 13.0. The molecule has 0 bridgehead atoms. The normalized spacial score (nSPS) is 18.6. The minimum atomic E-state index is -0.363. The highest BCUT2D eigenvalue weighted by atomic mass is 35.5. The maximum absolute atomic E-state index is 13.0. The Hall–Kier alpha value is -1.32. The summed E-state index contributed by atoms with van der Waals surface area (Å²) in [5.41, 5.74) is 3.13. The lowest BCUT2D eigenvalue weighted by molar-refractivity contribution is 0.166. The average molecular weight is 294 g/mol. The van der Waals surface area contributed by atoms with Crippen molar-refractivity contribution < 1.29 is 9.50 Å². The monoisotopic (exact) mass is 293 g/mol. The van der Waals surface area contributed by atoms with E-state index in [4.69, 9.17) is 11.6 Å². The molecule has 1 aromatic carbocycles. The zero-order valence-electron chi connectivity index (χ0n) is 11.1. The molecule has 4 heteroatoms. The van der Waals surface area contributed by atoms with E-state index in [0.717, 1.165) is 36.8 Å². The summed E-state index contributed by atoms with van der Waals surface area (Å²) in [6, 6.07) is 4.46. The molecule has 1 heterocycles. The number of aliphatic hydroxyl groups excluding tert-OH is 1. The van der Waals surface area contributed by atoms with Gasteiger partial charge in [0.1, 0.15) is 5.82 Å². The molecule has 2 aromatic rings. The van der Waals surface area contributed by atoms with Gasteiger partial charge in [-0.3, -0.25) is 0 Å². The number of aromatic nitrogens is 1. The van der Waals surface area contributed by atoms with E-state index in [1.54, 1.807) is 6.07 Å². The fourth-order valence-electron chi connectivity index (χ4n) is 2.83. The third-order valence-electron chi connectivity index (χ3n) is 3.90. The molecule has 0 amide bonds. The van der Waals surface area contributed by atoms with Gasteiger partial charge in [0, 0.05) is 29.5 Å². The molecule has 1 aliphatic carbocycles. The van der Waals surface area contributed by atoms with Gasteiger partial charge in [-0.05, 0) is 42.5 Å². The number of hydrogen-bond donors (Lipinski definition) is 1. The van der Waals surface area contributed by atoms with Crippen molar-refractivity contribution in [2.45, 2.75) is 38.3 Å². The third-order valence-corrected chi connectivity index (χ3v) is 4.25. The van der Waals surface area contributed by atoms with Gasteiger partial charge in [0.2, 0.25) is 0 Å². The standard InChI is InChI=1S/C16H17ClFNO/c17-15-7-13(18)6-5-12(15)9-19-8-11-3-1-2-4-16(20)14(11)10-19/h5-8,10,16,20H,1-4,9H2. The Balaban J connectivity index is 1.87. The number of aryl methyl sites for hydroxylation is 1. The predicted octanol–water partition coefficient (Wildman–Crippen LogP) is 4.09. The Morgan fingerprint density at radius 2 is 2.15 bits per heavy atom. The summed E-state index contributed by atoms with van der Waals surface area (Å²) >= 11 is 6.06. The summed E-state index contributed by atoms with van der Waals surface area (Å²) in [4.78, 5) is 0.